The van der Waals surface area contributed by atoms with E-state index in [4.69, 9.17) is 0 Å². The monoisotopic (exact) mass is 136 g/mol. The van der Waals surface area contributed by atoms with E-state index in [0.29, 0.717) is 0 Å². The van der Waals surface area contributed by atoms with Gasteiger partial charge in [0, 0.05) is 18.1 Å². The molecule has 1 unspecified atom stereocenters. The van der Waals surface area contributed by atoms with Gasteiger partial charge in [0.2, 0.25) is 0 Å². The highest BCUT2D eigenvalue weighted by Crippen LogP contribution is 2.01. The lowest BCUT2D eigenvalue weighted by atomic mass is 10.2. The molecule has 54 valence electrons. The summed E-state index contributed by atoms with van der Waals surface area (Å²) >= 11 is 0. The number of aliphatic imine (C=N–C) groups is 2. The van der Waals surface area contributed by atoms with Crippen molar-refractivity contribution in [3.8, 4) is 0 Å². The molecule has 0 spiro atoms. The van der Waals surface area contributed by atoms with Crippen LogP contribution < -0.4 is 0 Å². The van der Waals surface area contributed by atoms with E-state index in [1.54, 1.807) is 12.4 Å². The van der Waals surface area contributed by atoms with E-state index in [9.17, 15) is 0 Å². The Morgan fingerprint density at radius 1 is 1.60 bits per heavy atom. The Hall–Kier alpha value is -0.920. The number of allylic oxidation sites excluding steroid dienone is 1. The van der Waals surface area contributed by atoms with Crippen molar-refractivity contribution in [2.24, 2.45) is 9.98 Å². The fourth-order valence-electron chi connectivity index (χ4n) is 0.937. The quantitative estimate of drug-likeness (QED) is 0.525. The maximum atomic E-state index is 4.23. The maximum absolute atomic E-state index is 4.23. The number of rotatable bonds is 1. The van der Waals surface area contributed by atoms with Gasteiger partial charge in [-0.3, -0.25) is 9.98 Å². The Balaban J connectivity index is 2.77. The van der Waals surface area contributed by atoms with Crippen LogP contribution in [0.25, 0.3) is 0 Å². The molecule has 2 nitrogen and oxygen atoms in total. The Bertz CT molecular complexity index is 189. The molecular weight excluding hydrogens is 124 g/mol. The molecule has 0 N–H and O–H groups in total. The standard InChI is InChI=1S/C8H12N2/c1-3-8-7(2)9-5-4-6-10-8/h4-7H,3H2,1-2H3. The molecule has 1 aliphatic rings. The highest BCUT2D eigenvalue weighted by molar-refractivity contribution is 5.92. The Labute approximate surface area is 61.4 Å². The lowest BCUT2D eigenvalue weighted by molar-refractivity contribution is 0.950. The summed E-state index contributed by atoms with van der Waals surface area (Å²) in [6, 6.07) is 0.264. The summed E-state index contributed by atoms with van der Waals surface area (Å²) in [7, 11) is 0. The first kappa shape index (κ1) is 7.19. The molecule has 1 heterocycles. The first-order valence-electron chi connectivity index (χ1n) is 3.59. The van der Waals surface area contributed by atoms with Gasteiger partial charge in [-0.25, -0.2) is 0 Å². The molecule has 1 rings (SSSR count). The molecule has 0 bridgehead atoms. The third kappa shape index (κ3) is 1.53. The van der Waals surface area contributed by atoms with Crippen molar-refractivity contribution in [1.82, 2.24) is 0 Å². The zero-order chi connectivity index (χ0) is 7.40. The first-order chi connectivity index (χ1) is 4.84. The highest BCUT2D eigenvalue weighted by Gasteiger charge is 2.05. The van der Waals surface area contributed by atoms with Crippen molar-refractivity contribution in [2.75, 3.05) is 0 Å². The van der Waals surface area contributed by atoms with E-state index < -0.39 is 0 Å². The molecule has 0 saturated carbocycles. The topological polar surface area (TPSA) is 24.7 Å². The number of hydrogen-bond donors (Lipinski definition) is 0. The van der Waals surface area contributed by atoms with Gasteiger partial charge in [-0.05, 0) is 19.4 Å². The van der Waals surface area contributed by atoms with Gasteiger partial charge in [0.1, 0.15) is 0 Å². The van der Waals surface area contributed by atoms with Crippen molar-refractivity contribution in [3.63, 3.8) is 0 Å². The summed E-state index contributed by atoms with van der Waals surface area (Å²) in [4.78, 5) is 8.47. The highest BCUT2D eigenvalue weighted by atomic mass is 14.8. The molecule has 0 radical (unpaired) electrons. The average molecular weight is 136 g/mol. The van der Waals surface area contributed by atoms with Crippen molar-refractivity contribution in [2.45, 2.75) is 26.3 Å². The summed E-state index contributed by atoms with van der Waals surface area (Å²) in [6.45, 7) is 4.16. The van der Waals surface area contributed by atoms with Crippen LogP contribution in [0.4, 0.5) is 0 Å². The second kappa shape index (κ2) is 3.30. The van der Waals surface area contributed by atoms with Crippen LogP contribution in [-0.4, -0.2) is 18.0 Å². The van der Waals surface area contributed by atoms with E-state index >= 15 is 0 Å². The molecule has 0 aliphatic carbocycles. The van der Waals surface area contributed by atoms with Gasteiger partial charge in [-0.1, -0.05) is 6.92 Å². The number of hydrogen-bond acceptors (Lipinski definition) is 2. The van der Waals surface area contributed by atoms with Crippen LogP contribution in [0.3, 0.4) is 0 Å². The molecule has 0 amide bonds. The first-order valence-corrected chi connectivity index (χ1v) is 3.59. The second-order valence-corrected chi connectivity index (χ2v) is 2.29. The van der Waals surface area contributed by atoms with Gasteiger partial charge >= 0.3 is 0 Å². The molecule has 2 heteroatoms. The van der Waals surface area contributed by atoms with Crippen molar-refractivity contribution >= 4 is 11.9 Å². The van der Waals surface area contributed by atoms with E-state index in [1.165, 1.54) is 0 Å². The molecule has 0 fully saturated rings. The normalized spacial score (nSPS) is 24.2. The van der Waals surface area contributed by atoms with Crippen LogP contribution in [-0.2, 0) is 0 Å². The smallest absolute Gasteiger partial charge is 0.0852 e. The second-order valence-electron chi connectivity index (χ2n) is 2.29. The van der Waals surface area contributed by atoms with Crippen molar-refractivity contribution in [1.29, 1.82) is 0 Å². The molecular formula is C8H12N2. The molecule has 0 aromatic carbocycles. The Morgan fingerprint density at radius 2 is 2.40 bits per heavy atom. The fourth-order valence-corrected chi connectivity index (χ4v) is 0.937. The zero-order valence-electron chi connectivity index (χ0n) is 6.41. The zero-order valence-corrected chi connectivity index (χ0v) is 6.41. The van der Waals surface area contributed by atoms with E-state index in [0.717, 1.165) is 12.1 Å². The van der Waals surface area contributed by atoms with Gasteiger partial charge in [-0.2, -0.15) is 0 Å². The van der Waals surface area contributed by atoms with Gasteiger partial charge < -0.3 is 0 Å². The molecule has 10 heavy (non-hydrogen) atoms. The Morgan fingerprint density at radius 3 is 3.10 bits per heavy atom. The predicted molar refractivity (Wildman–Crippen MR) is 44.8 cm³/mol. The van der Waals surface area contributed by atoms with E-state index in [2.05, 4.69) is 23.8 Å². The minimum Gasteiger partial charge on any atom is -0.284 e. The van der Waals surface area contributed by atoms with Gasteiger partial charge in [0.25, 0.3) is 0 Å². The number of nitrogens with zero attached hydrogens (tertiary/aromatic N) is 2. The summed E-state index contributed by atoms with van der Waals surface area (Å²) in [5, 5.41) is 0. The maximum Gasteiger partial charge on any atom is 0.0852 e. The molecule has 0 aromatic rings. The van der Waals surface area contributed by atoms with Gasteiger partial charge in [0.15, 0.2) is 0 Å². The summed E-state index contributed by atoms with van der Waals surface area (Å²) in [5.74, 6) is 0. The lowest BCUT2D eigenvalue weighted by Crippen LogP contribution is -2.12. The minimum absolute atomic E-state index is 0.264. The SMILES string of the molecule is CCC1=NC=CC=NC1C. The van der Waals surface area contributed by atoms with Gasteiger partial charge in [0.05, 0.1) is 6.04 Å². The summed E-state index contributed by atoms with van der Waals surface area (Å²) in [6.07, 6.45) is 6.45. The van der Waals surface area contributed by atoms with E-state index in [1.807, 2.05) is 6.08 Å². The lowest BCUT2D eigenvalue weighted by Gasteiger charge is -2.04. The van der Waals surface area contributed by atoms with Crippen molar-refractivity contribution < 1.29 is 0 Å². The molecule has 0 saturated heterocycles. The molecule has 1 aliphatic heterocycles. The van der Waals surface area contributed by atoms with Crippen LogP contribution in [0, 0.1) is 0 Å². The molecule has 1 atom stereocenters. The van der Waals surface area contributed by atoms with Crippen LogP contribution in [0.2, 0.25) is 0 Å². The third-order valence-electron chi connectivity index (χ3n) is 1.57. The van der Waals surface area contributed by atoms with Crippen LogP contribution in [0.1, 0.15) is 20.3 Å². The summed E-state index contributed by atoms with van der Waals surface area (Å²) < 4.78 is 0. The van der Waals surface area contributed by atoms with E-state index in [-0.39, 0.29) is 6.04 Å². The van der Waals surface area contributed by atoms with Crippen LogP contribution >= 0.6 is 0 Å². The van der Waals surface area contributed by atoms with Crippen LogP contribution in [0.15, 0.2) is 22.3 Å². The largest absolute Gasteiger partial charge is 0.284 e. The predicted octanol–water partition coefficient (Wildman–Crippen LogP) is 1.82. The minimum atomic E-state index is 0.264. The molecule has 0 aromatic heterocycles. The third-order valence-corrected chi connectivity index (χ3v) is 1.57. The van der Waals surface area contributed by atoms with Crippen molar-refractivity contribution in [3.05, 3.63) is 12.3 Å². The fraction of sp³-hybridized carbons (Fsp3) is 0.500. The average Bonchev–Trinajstić information content (AvgIpc) is 2.13. The Kier molecular flexibility index (Phi) is 2.37. The van der Waals surface area contributed by atoms with Crippen LogP contribution in [0.5, 0.6) is 0 Å². The van der Waals surface area contributed by atoms with Gasteiger partial charge in [-0.15, -0.1) is 0 Å². The summed E-state index contributed by atoms with van der Waals surface area (Å²) in [5.41, 5.74) is 1.16.